The number of hydrogen-bond donors (Lipinski definition) is 2. The largest absolute Gasteiger partial charge is 0.385 e. The molecule has 0 aliphatic carbocycles. The summed E-state index contributed by atoms with van der Waals surface area (Å²) in [5, 5.41) is 6.18. The number of anilines is 2. The van der Waals surface area contributed by atoms with Crippen molar-refractivity contribution in [3.8, 4) is 0 Å². The molecule has 2 aromatic carbocycles. The SMILES string of the molecule is Cc1cc(C(=O)N2CCCCC2C)ccc1NC(=O)CCNc1ccccc1. The Labute approximate surface area is 167 Å². The van der Waals surface area contributed by atoms with Gasteiger partial charge < -0.3 is 15.5 Å². The zero-order valence-corrected chi connectivity index (χ0v) is 16.7. The highest BCUT2D eigenvalue weighted by Crippen LogP contribution is 2.22. The first kappa shape index (κ1) is 19.9. The first-order valence-corrected chi connectivity index (χ1v) is 10.0. The van der Waals surface area contributed by atoms with E-state index in [1.807, 2.05) is 60.4 Å². The number of likely N-dealkylation sites (tertiary alicyclic amines) is 1. The third kappa shape index (κ3) is 5.12. The Bertz CT molecular complexity index is 820. The number of carbonyl (C=O) groups excluding carboxylic acids is 2. The Kier molecular flexibility index (Phi) is 6.69. The monoisotopic (exact) mass is 379 g/mol. The number of nitrogens with one attached hydrogen (secondary N) is 2. The maximum Gasteiger partial charge on any atom is 0.254 e. The molecule has 0 saturated carbocycles. The van der Waals surface area contributed by atoms with Gasteiger partial charge in [0.25, 0.3) is 5.91 Å². The van der Waals surface area contributed by atoms with Crippen LogP contribution in [0.1, 0.15) is 48.5 Å². The van der Waals surface area contributed by atoms with Crippen molar-refractivity contribution < 1.29 is 9.59 Å². The standard InChI is InChI=1S/C23H29N3O2/c1-17-16-19(23(28)26-15-7-6-8-18(26)2)11-12-21(17)25-22(27)13-14-24-20-9-4-3-5-10-20/h3-5,9-12,16,18,24H,6-8,13-15H2,1-2H3,(H,25,27). The number of carbonyl (C=O) groups is 2. The van der Waals surface area contributed by atoms with Gasteiger partial charge in [0.05, 0.1) is 0 Å². The van der Waals surface area contributed by atoms with Crippen LogP contribution in [0.25, 0.3) is 0 Å². The lowest BCUT2D eigenvalue weighted by Gasteiger charge is -2.33. The predicted molar refractivity (Wildman–Crippen MR) is 114 cm³/mol. The molecule has 2 N–H and O–H groups in total. The summed E-state index contributed by atoms with van der Waals surface area (Å²) < 4.78 is 0. The molecule has 0 bridgehead atoms. The highest BCUT2D eigenvalue weighted by Gasteiger charge is 2.24. The Morgan fingerprint density at radius 3 is 2.61 bits per heavy atom. The van der Waals surface area contributed by atoms with Crippen molar-refractivity contribution in [2.75, 3.05) is 23.7 Å². The number of aryl methyl sites for hydroxylation is 1. The van der Waals surface area contributed by atoms with Crippen LogP contribution in [0.3, 0.4) is 0 Å². The van der Waals surface area contributed by atoms with Crippen LogP contribution in [0.15, 0.2) is 48.5 Å². The molecule has 0 spiro atoms. The maximum atomic E-state index is 12.8. The van der Waals surface area contributed by atoms with Gasteiger partial charge in [-0.3, -0.25) is 9.59 Å². The topological polar surface area (TPSA) is 61.4 Å². The molecule has 5 nitrogen and oxygen atoms in total. The summed E-state index contributed by atoms with van der Waals surface area (Å²) in [4.78, 5) is 27.0. The van der Waals surface area contributed by atoms with E-state index in [0.29, 0.717) is 18.5 Å². The van der Waals surface area contributed by atoms with Gasteiger partial charge in [-0.2, -0.15) is 0 Å². The number of rotatable bonds is 6. The van der Waals surface area contributed by atoms with Crippen molar-refractivity contribution in [2.45, 2.75) is 45.6 Å². The van der Waals surface area contributed by atoms with Crippen molar-refractivity contribution in [1.29, 1.82) is 0 Å². The molecule has 0 radical (unpaired) electrons. The van der Waals surface area contributed by atoms with Crippen molar-refractivity contribution in [1.82, 2.24) is 4.90 Å². The van der Waals surface area contributed by atoms with Crippen LogP contribution in [0.2, 0.25) is 0 Å². The molecule has 148 valence electrons. The van der Waals surface area contributed by atoms with E-state index in [2.05, 4.69) is 17.6 Å². The van der Waals surface area contributed by atoms with Crippen LogP contribution < -0.4 is 10.6 Å². The lowest BCUT2D eigenvalue weighted by molar-refractivity contribution is -0.115. The zero-order valence-electron chi connectivity index (χ0n) is 16.7. The van der Waals surface area contributed by atoms with Crippen LogP contribution in [0.4, 0.5) is 11.4 Å². The molecule has 1 unspecified atom stereocenters. The number of hydrogen-bond acceptors (Lipinski definition) is 3. The second kappa shape index (κ2) is 9.40. The van der Waals surface area contributed by atoms with Gasteiger partial charge in [0.2, 0.25) is 5.91 Å². The summed E-state index contributed by atoms with van der Waals surface area (Å²) in [6.45, 7) is 5.43. The number of piperidine rings is 1. The molecular formula is C23H29N3O2. The van der Waals surface area contributed by atoms with Gasteiger partial charge in [-0.25, -0.2) is 0 Å². The third-order valence-corrected chi connectivity index (χ3v) is 5.27. The summed E-state index contributed by atoms with van der Waals surface area (Å²) in [5.74, 6) is 0.0375. The highest BCUT2D eigenvalue weighted by molar-refractivity contribution is 5.96. The Morgan fingerprint density at radius 2 is 1.89 bits per heavy atom. The van der Waals surface area contributed by atoms with Crippen molar-refractivity contribution >= 4 is 23.2 Å². The Balaban J connectivity index is 1.54. The van der Waals surface area contributed by atoms with Crippen LogP contribution in [0, 0.1) is 6.92 Å². The van der Waals surface area contributed by atoms with E-state index >= 15 is 0 Å². The predicted octanol–water partition coefficient (Wildman–Crippen LogP) is 4.45. The summed E-state index contributed by atoms with van der Waals surface area (Å²) in [5.41, 5.74) is 3.35. The highest BCUT2D eigenvalue weighted by atomic mass is 16.2. The van der Waals surface area contributed by atoms with E-state index in [4.69, 9.17) is 0 Å². The molecule has 5 heteroatoms. The third-order valence-electron chi connectivity index (χ3n) is 5.27. The number of amides is 2. The van der Waals surface area contributed by atoms with Crippen molar-refractivity contribution in [2.24, 2.45) is 0 Å². The van der Waals surface area contributed by atoms with Crippen LogP contribution in [-0.2, 0) is 4.79 Å². The van der Waals surface area contributed by atoms with Crippen LogP contribution >= 0.6 is 0 Å². The average molecular weight is 380 g/mol. The molecule has 1 fully saturated rings. The number of benzene rings is 2. The molecule has 1 aliphatic rings. The molecule has 1 heterocycles. The Morgan fingerprint density at radius 1 is 1.11 bits per heavy atom. The average Bonchev–Trinajstić information content (AvgIpc) is 2.70. The molecule has 3 rings (SSSR count). The fourth-order valence-corrected chi connectivity index (χ4v) is 3.59. The zero-order chi connectivity index (χ0) is 19.9. The molecule has 1 atom stereocenters. The molecule has 28 heavy (non-hydrogen) atoms. The van der Waals surface area contributed by atoms with E-state index in [-0.39, 0.29) is 17.9 Å². The van der Waals surface area contributed by atoms with Gasteiger partial charge in [-0.1, -0.05) is 18.2 Å². The maximum absolute atomic E-state index is 12.8. The summed E-state index contributed by atoms with van der Waals surface area (Å²) in [6.07, 6.45) is 3.70. The first-order valence-electron chi connectivity index (χ1n) is 10.0. The summed E-state index contributed by atoms with van der Waals surface area (Å²) >= 11 is 0. The minimum atomic E-state index is -0.0461. The summed E-state index contributed by atoms with van der Waals surface area (Å²) in [6, 6.07) is 15.6. The lowest BCUT2D eigenvalue weighted by Crippen LogP contribution is -2.42. The van der Waals surface area contributed by atoms with Gasteiger partial charge >= 0.3 is 0 Å². The fourth-order valence-electron chi connectivity index (χ4n) is 3.59. The number of para-hydroxylation sites is 1. The lowest BCUT2D eigenvalue weighted by atomic mass is 10.0. The van der Waals surface area contributed by atoms with Gasteiger partial charge in [0.15, 0.2) is 0 Å². The van der Waals surface area contributed by atoms with E-state index in [0.717, 1.165) is 36.3 Å². The van der Waals surface area contributed by atoms with Gasteiger partial charge in [-0.05, 0) is 69.0 Å². The minimum absolute atomic E-state index is 0.0461. The molecule has 1 aliphatic heterocycles. The quantitative estimate of drug-likeness (QED) is 0.779. The van der Waals surface area contributed by atoms with Crippen molar-refractivity contribution in [3.63, 3.8) is 0 Å². The molecule has 2 aromatic rings. The number of nitrogens with zero attached hydrogens (tertiary/aromatic N) is 1. The van der Waals surface area contributed by atoms with E-state index in [1.165, 1.54) is 6.42 Å². The van der Waals surface area contributed by atoms with Gasteiger partial charge in [0, 0.05) is 42.5 Å². The van der Waals surface area contributed by atoms with Gasteiger partial charge in [0.1, 0.15) is 0 Å². The smallest absolute Gasteiger partial charge is 0.254 e. The minimum Gasteiger partial charge on any atom is -0.385 e. The summed E-state index contributed by atoms with van der Waals surface area (Å²) in [7, 11) is 0. The molecule has 0 aromatic heterocycles. The van der Waals surface area contributed by atoms with E-state index < -0.39 is 0 Å². The van der Waals surface area contributed by atoms with E-state index in [1.54, 1.807) is 0 Å². The Hall–Kier alpha value is -2.82. The molecular weight excluding hydrogens is 350 g/mol. The van der Waals surface area contributed by atoms with Crippen LogP contribution in [-0.4, -0.2) is 35.8 Å². The molecule has 2 amide bonds. The first-order chi connectivity index (χ1) is 13.5. The van der Waals surface area contributed by atoms with Crippen molar-refractivity contribution in [3.05, 3.63) is 59.7 Å². The normalized spacial score (nSPS) is 16.5. The fraction of sp³-hybridized carbons (Fsp3) is 0.391. The molecule has 1 saturated heterocycles. The van der Waals surface area contributed by atoms with Gasteiger partial charge in [-0.15, -0.1) is 0 Å². The van der Waals surface area contributed by atoms with E-state index in [9.17, 15) is 9.59 Å². The second-order valence-electron chi connectivity index (χ2n) is 7.46. The second-order valence-corrected chi connectivity index (χ2v) is 7.46. The van der Waals surface area contributed by atoms with Crippen LogP contribution in [0.5, 0.6) is 0 Å².